The van der Waals surface area contributed by atoms with Crippen LogP contribution in [0.1, 0.15) is 51.2 Å². The first-order chi connectivity index (χ1) is 12.9. The molecule has 0 aliphatic carbocycles. The summed E-state index contributed by atoms with van der Waals surface area (Å²) in [5.74, 6) is -1.17. The van der Waals surface area contributed by atoms with Gasteiger partial charge >= 0.3 is 5.97 Å². The van der Waals surface area contributed by atoms with Crippen molar-refractivity contribution in [2.75, 3.05) is 5.32 Å². The highest BCUT2D eigenvalue weighted by Gasteiger charge is 2.21. The average molecular weight is 380 g/mol. The predicted octanol–water partition coefficient (Wildman–Crippen LogP) is 5.19. The zero-order valence-electron chi connectivity index (χ0n) is 15.3. The van der Waals surface area contributed by atoms with Gasteiger partial charge in [-0.2, -0.15) is 0 Å². The lowest BCUT2D eigenvalue weighted by molar-refractivity contribution is 0.0695. The summed E-state index contributed by atoms with van der Waals surface area (Å²) in [7, 11) is 0. The van der Waals surface area contributed by atoms with Crippen molar-refractivity contribution in [1.29, 1.82) is 0 Å². The van der Waals surface area contributed by atoms with Gasteiger partial charge < -0.3 is 10.4 Å². The molecule has 2 aromatic carbocycles. The van der Waals surface area contributed by atoms with E-state index in [0.717, 1.165) is 15.4 Å². The van der Waals surface area contributed by atoms with Crippen LogP contribution >= 0.6 is 11.3 Å². The molecule has 0 bridgehead atoms. The molecule has 2 N–H and O–H groups in total. The van der Waals surface area contributed by atoms with Crippen LogP contribution in [0.25, 0.3) is 10.4 Å². The van der Waals surface area contributed by atoms with Crippen LogP contribution in [0.3, 0.4) is 0 Å². The Balaban J connectivity index is 1.97. The van der Waals surface area contributed by atoms with E-state index in [-0.39, 0.29) is 17.4 Å². The van der Waals surface area contributed by atoms with Crippen molar-refractivity contribution in [1.82, 2.24) is 4.98 Å². The Morgan fingerprint density at radius 2 is 1.81 bits per heavy atom. The van der Waals surface area contributed by atoms with Crippen LogP contribution in [-0.2, 0) is 0 Å². The standard InChI is InChI=1S/C21H20N2O3S/c1-12(2)20-23-17(18(27-20)14-7-5-4-6-8-14)19(24)22-15-10-9-13(3)16(11-15)21(25)26/h4-12H,1-3H3,(H,22,24)(H,25,26). The SMILES string of the molecule is Cc1ccc(NC(=O)c2nc(C(C)C)sc2-c2ccccc2)cc1C(=O)O. The minimum absolute atomic E-state index is 0.164. The normalized spacial score (nSPS) is 10.8. The number of nitrogens with zero attached hydrogens (tertiary/aromatic N) is 1. The van der Waals surface area contributed by atoms with Crippen molar-refractivity contribution in [3.8, 4) is 10.4 Å². The smallest absolute Gasteiger partial charge is 0.336 e. The minimum atomic E-state index is -1.02. The monoisotopic (exact) mass is 380 g/mol. The fraction of sp³-hybridized carbons (Fsp3) is 0.190. The molecule has 0 spiro atoms. The number of amides is 1. The predicted molar refractivity (Wildman–Crippen MR) is 108 cm³/mol. The van der Waals surface area contributed by atoms with Crippen LogP contribution in [0.5, 0.6) is 0 Å². The number of benzene rings is 2. The molecule has 0 fully saturated rings. The van der Waals surface area contributed by atoms with E-state index in [1.165, 1.54) is 17.4 Å². The maximum Gasteiger partial charge on any atom is 0.336 e. The third kappa shape index (κ3) is 4.06. The van der Waals surface area contributed by atoms with Crippen LogP contribution < -0.4 is 5.32 Å². The topological polar surface area (TPSA) is 79.3 Å². The van der Waals surface area contributed by atoms with E-state index in [9.17, 15) is 14.7 Å². The van der Waals surface area contributed by atoms with Crippen molar-refractivity contribution in [2.24, 2.45) is 0 Å². The molecule has 1 aromatic heterocycles. The molecule has 3 aromatic rings. The van der Waals surface area contributed by atoms with Gasteiger partial charge in [-0.15, -0.1) is 11.3 Å². The van der Waals surface area contributed by atoms with Gasteiger partial charge in [0.05, 0.1) is 15.4 Å². The summed E-state index contributed by atoms with van der Waals surface area (Å²) in [6.45, 7) is 5.79. The van der Waals surface area contributed by atoms with E-state index in [0.29, 0.717) is 16.9 Å². The van der Waals surface area contributed by atoms with Gasteiger partial charge in [0, 0.05) is 11.6 Å². The van der Waals surface area contributed by atoms with E-state index in [1.807, 2.05) is 44.2 Å². The molecule has 1 amide bonds. The van der Waals surface area contributed by atoms with Crippen LogP contribution in [0.4, 0.5) is 5.69 Å². The van der Waals surface area contributed by atoms with Crippen LogP contribution in [0, 0.1) is 6.92 Å². The molecule has 1 heterocycles. The van der Waals surface area contributed by atoms with Crippen molar-refractivity contribution in [2.45, 2.75) is 26.7 Å². The summed E-state index contributed by atoms with van der Waals surface area (Å²) in [5.41, 5.74) is 2.52. The second kappa shape index (κ2) is 7.72. The molecule has 0 atom stereocenters. The van der Waals surface area contributed by atoms with Gasteiger partial charge in [-0.05, 0) is 30.2 Å². The number of nitrogens with one attached hydrogen (secondary N) is 1. The van der Waals surface area contributed by atoms with Gasteiger partial charge in [0.1, 0.15) is 5.69 Å². The van der Waals surface area contributed by atoms with Crippen molar-refractivity contribution in [3.63, 3.8) is 0 Å². The maximum atomic E-state index is 12.9. The second-order valence-corrected chi connectivity index (χ2v) is 7.57. The number of thiazole rings is 1. The first-order valence-electron chi connectivity index (χ1n) is 8.58. The molecule has 138 valence electrons. The summed E-state index contributed by atoms with van der Waals surface area (Å²) in [6, 6.07) is 14.5. The molecule has 0 saturated heterocycles. The van der Waals surface area contributed by atoms with Gasteiger partial charge in [-0.25, -0.2) is 9.78 Å². The number of rotatable bonds is 5. The Morgan fingerprint density at radius 1 is 1.11 bits per heavy atom. The highest BCUT2D eigenvalue weighted by molar-refractivity contribution is 7.15. The number of aromatic carboxylic acids is 1. The fourth-order valence-electron chi connectivity index (χ4n) is 2.64. The maximum absolute atomic E-state index is 12.9. The van der Waals surface area contributed by atoms with Crippen LogP contribution in [0.15, 0.2) is 48.5 Å². The first kappa shape index (κ1) is 18.8. The lowest BCUT2D eigenvalue weighted by Gasteiger charge is -2.08. The van der Waals surface area contributed by atoms with Gasteiger partial charge in [0.2, 0.25) is 0 Å². The molecular formula is C21H20N2O3S. The molecule has 6 heteroatoms. The number of hydrogen-bond donors (Lipinski definition) is 2. The van der Waals surface area contributed by atoms with Crippen LogP contribution in [-0.4, -0.2) is 22.0 Å². The molecule has 5 nitrogen and oxygen atoms in total. The molecule has 0 aliphatic rings. The molecule has 27 heavy (non-hydrogen) atoms. The summed E-state index contributed by atoms with van der Waals surface area (Å²) >= 11 is 1.50. The molecule has 0 radical (unpaired) electrons. The van der Waals surface area contributed by atoms with E-state index < -0.39 is 5.97 Å². The molecule has 0 saturated carbocycles. The average Bonchev–Trinajstić information content (AvgIpc) is 3.10. The van der Waals surface area contributed by atoms with Gasteiger partial charge in [0.15, 0.2) is 0 Å². The van der Waals surface area contributed by atoms with Crippen LogP contribution in [0.2, 0.25) is 0 Å². The number of carboxylic acid groups (broad SMARTS) is 1. The number of carbonyl (C=O) groups excluding carboxylic acids is 1. The summed E-state index contributed by atoms with van der Waals surface area (Å²) in [5, 5.41) is 12.9. The zero-order valence-corrected chi connectivity index (χ0v) is 16.1. The highest BCUT2D eigenvalue weighted by atomic mass is 32.1. The third-order valence-electron chi connectivity index (χ3n) is 4.11. The Kier molecular flexibility index (Phi) is 5.37. The van der Waals surface area contributed by atoms with Crippen molar-refractivity contribution < 1.29 is 14.7 Å². The molecule has 3 rings (SSSR count). The van der Waals surface area contributed by atoms with E-state index in [2.05, 4.69) is 10.3 Å². The summed E-state index contributed by atoms with van der Waals surface area (Å²) in [4.78, 5) is 29.6. The number of aromatic nitrogens is 1. The highest BCUT2D eigenvalue weighted by Crippen LogP contribution is 2.34. The van der Waals surface area contributed by atoms with Crippen molar-refractivity contribution in [3.05, 3.63) is 70.4 Å². The largest absolute Gasteiger partial charge is 0.478 e. The van der Waals surface area contributed by atoms with Gasteiger partial charge in [-0.1, -0.05) is 50.2 Å². The quantitative estimate of drug-likeness (QED) is 0.638. The number of aryl methyl sites for hydroxylation is 1. The Morgan fingerprint density at radius 3 is 2.44 bits per heavy atom. The summed E-state index contributed by atoms with van der Waals surface area (Å²) < 4.78 is 0. The molecule has 0 aliphatic heterocycles. The Hall–Kier alpha value is -2.99. The number of carboxylic acids is 1. The Bertz CT molecular complexity index is 994. The Labute approximate surface area is 161 Å². The van der Waals surface area contributed by atoms with E-state index in [1.54, 1.807) is 19.1 Å². The lowest BCUT2D eigenvalue weighted by Crippen LogP contribution is -2.14. The second-order valence-electron chi connectivity index (χ2n) is 6.54. The van der Waals surface area contributed by atoms with Gasteiger partial charge in [-0.3, -0.25) is 4.79 Å². The third-order valence-corrected chi connectivity index (χ3v) is 5.52. The minimum Gasteiger partial charge on any atom is -0.478 e. The van der Waals surface area contributed by atoms with Crippen molar-refractivity contribution >= 4 is 28.9 Å². The summed E-state index contributed by atoms with van der Waals surface area (Å²) in [6.07, 6.45) is 0. The first-order valence-corrected chi connectivity index (χ1v) is 9.40. The van der Waals surface area contributed by atoms with E-state index in [4.69, 9.17) is 0 Å². The number of anilines is 1. The zero-order chi connectivity index (χ0) is 19.6. The number of hydrogen-bond acceptors (Lipinski definition) is 4. The molecule has 0 unspecified atom stereocenters. The fourth-order valence-corrected chi connectivity index (χ4v) is 3.71. The van der Waals surface area contributed by atoms with Gasteiger partial charge in [0.25, 0.3) is 5.91 Å². The van der Waals surface area contributed by atoms with E-state index >= 15 is 0 Å². The lowest BCUT2D eigenvalue weighted by atomic mass is 10.1. The molecular weight excluding hydrogens is 360 g/mol. The number of carbonyl (C=O) groups is 2.